The fraction of sp³-hybridized carbons (Fsp3) is 0.684. The lowest BCUT2D eigenvalue weighted by Crippen LogP contribution is -2.53. The van der Waals surface area contributed by atoms with E-state index in [1.54, 1.807) is 0 Å². The molecular formula is C19H32N2. The number of benzene rings is 1. The van der Waals surface area contributed by atoms with Gasteiger partial charge in [0.15, 0.2) is 0 Å². The molecule has 3 unspecified atom stereocenters. The molecule has 0 aliphatic heterocycles. The summed E-state index contributed by atoms with van der Waals surface area (Å²) in [5, 5.41) is 3.79. The van der Waals surface area contributed by atoms with E-state index in [0.29, 0.717) is 18.1 Å². The first-order valence-electron chi connectivity index (χ1n) is 8.63. The third kappa shape index (κ3) is 4.31. The number of likely N-dealkylation sites (N-methyl/N-ethyl adjacent to an activating group) is 1. The Bertz CT molecular complexity index is 401. The predicted octanol–water partition coefficient (Wildman–Crippen LogP) is 4.03. The zero-order chi connectivity index (χ0) is 15.2. The second-order valence-corrected chi connectivity index (χ2v) is 6.81. The van der Waals surface area contributed by atoms with Crippen molar-refractivity contribution in [3.63, 3.8) is 0 Å². The molecule has 0 heterocycles. The zero-order valence-corrected chi connectivity index (χ0v) is 14.2. The first kappa shape index (κ1) is 16.5. The first-order chi connectivity index (χ1) is 10.1. The summed E-state index contributed by atoms with van der Waals surface area (Å²) in [4.78, 5) is 2.57. The molecular weight excluding hydrogens is 256 g/mol. The fourth-order valence-corrected chi connectivity index (χ4v) is 3.58. The first-order valence-corrected chi connectivity index (χ1v) is 8.63. The summed E-state index contributed by atoms with van der Waals surface area (Å²) in [7, 11) is 2.29. The smallest absolute Gasteiger partial charge is 0.0254 e. The second kappa shape index (κ2) is 7.95. The zero-order valence-electron chi connectivity index (χ0n) is 14.2. The highest BCUT2D eigenvalue weighted by molar-refractivity contribution is 5.21. The molecule has 118 valence electrons. The Hall–Kier alpha value is -0.860. The minimum absolute atomic E-state index is 0.607. The summed E-state index contributed by atoms with van der Waals surface area (Å²) in [6.07, 6.45) is 5.10. The van der Waals surface area contributed by atoms with E-state index in [9.17, 15) is 0 Å². The summed E-state index contributed by atoms with van der Waals surface area (Å²) >= 11 is 0. The molecule has 1 aromatic carbocycles. The lowest BCUT2D eigenvalue weighted by molar-refractivity contribution is 0.111. The SMILES string of the molecule is CCCNC1CCC(c2ccccc2)CC1N(C)C(C)C. The molecule has 1 fully saturated rings. The molecule has 21 heavy (non-hydrogen) atoms. The van der Waals surface area contributed by atoms with Crippen molar-refractivity contribution in [1.82, 2.24) is 10.2 Å². The van der Waals surface area contributed by atoms with Gasteiger partial charge in [-0.15, -0.1) is 0 Å². The fourth-order valence-electron chi connectivity index (χ4n) is 3.58. The van der Waals surface area contributed by atoms with Gasteiger partial charge in [-0.3, -0.25) is 4.90 Å². The van der Waals surface area contributed by atoms with E-state index in [1.165, 1.54) is 31.2 Å². The van der Waals surface area contributed by atoms with Crippen molar-refractivity contribution in [1.29, 1.82) is 0 Å². The Balaban J connectivity index is 2.08. The molecule has 0 amide bonds. The summed E-state index contributed by atoms with van der Waals surface area (Å²) in [5.74, 6) is 0.720. The summed E-state index contributed by atoms with van der Waals surface area (Å²) in [6, 6.07) is 13.0. The minimum atomic E-state index is 0.607. The van der Waals surface area contributed by atoms with Crippen LogP contribution in [0, 0.1) is 0 Å². The van der Waals surface area contributed by atoms with Gasteiger partial charge in [0, 0.05) is 18.1 Å². The Morgan fingerprint density at radius 3 is 2.52 bits per heavy atom. The van der Waals surface area contributed by atoms with Crippen LogP contribution in [-0.4, -0.2) is 36.6 Å². The molecule has 2 heteroatoms. The van der Waals surface area contributed by atoms with Crippen molar-refractivity contribution < 1.29 is 0 Å². The van der Waals surface area contributed by atoms with Crippen LogP contribution in [-0.2, 0) is 0 Å². The monoisotopic (exact) mass is 288 g/mol. The van der Waals surface area contributed by atoms with Crippen LogP contribution in [0.4, 0.5) is 0 Å². The Morgan fingerprint density at radius 2 is 1.90 bits per heavy atom. The van der Waals surface area contributed by atoms with Gasteiger partial charge in [0.2, 0.25) is 0 Å². The minimum Gasteiger partial charge on any atom is -0.312 e. The highest BCUT2D eigenvalue weighted by Crippen LogP contribution is 2.35. The maximum atomic E-state index is 3.79. The topological polar surface area (TPSA) is 15.3 Å². The normalized spacial score (nSPS) is 26.5. The Morgan fingerprint density at radius 1 is 1.19 bits per heavy atom. The molecule has 1 aliphatic rings. The van der Waals surface area contributed by atoms with Gasteiger partial charge in [-0.2, -0.15) is 0 Å². The van der Waals surface area contributed by atoms with Crippen molar-refractivity contribution in [3.05, 3.63) is 35.9 Å². The largest absolute Gasteiger partial charge is 0.312 e. The molecule has 2 rings (SSSR count). The van der Waals surface area contributed by atoms with Crippen LogP contribution in [0.3, 0.4) is 0 Å². The molecule has 0 aromatic heterocycles. The summed E-state index contributed by atoms with van der Waals surface area (Å²) in [6.45, 7) is 8.01. The van der Waals surface area contributed by atoms with Crippen molar-refractivity contribution in [2.45, 2.75) is 70.5 Å². The number of rotatable bonds is 6. The van der Waals surface area contributed by atoms with Gasteiger partial charge in [-0.05, 0) is 64.6 Å². The third-order valence-electron chi connectivity index (χ3n) is 5.08. The second-order valence-electron chi connectivity index (χ2n) is 6.81. The lowest BCUT2D eigenvalue weighted by atomic mass is 9.78. The Labute approximate surface area is 130 Å². The van der Waals surface area contributed by atoms with E-state index in [2.05, 4.69) is 68.4 Å². The summed E-state index contributed by atoms with van der Waals surface area (Å²) in [5.41, 5.74) is 1.52. The van der Waals surface area contributed by atoms with Gasteiger partial charge < -0.3 is 5.32 Å². The molecule has 0 saturated heterocycles. The van der Waals surface area contributed by atoms with E-state index < -0.39 is 0 Å². The maximum absolute atomic E-state index is 3.79. The van der Waals surface area contributed by atoms with Crippen molar-refractivity contribution in [2.75, 3.05) is 13.6 Å². The molecule has 1 N–H and O–H groups in total. The van der Waals surface area contributed by atoms with Crippen molar-refractivity contribution >= 4 is 0 Å². The van der Waals surface area contributed by atoms with Gasteiger partial charge in [0.25, 0.3) is 0 Å². The molecule has 1 aliphatic carbocycles. The molecule has 2 nitrogen and oxygen atoms in total. The number of hydrogen-bond donors (Lipinski definition) is 1. The van der Waals surface area contributed by atoms with Crippen LogP contribution in [0.2, 0.25) is 0 Å². The molecule has 1 saturated carbocycles. The number of nitrogens with one attached hydrogen (secondary N) is 1. The van der Waals surface area contributed by atoms with Crippen LogP contribution in [0.5, 0.6) is 0 Å². The summed E-state index contributed by atoms with van der Waals surface area (Å²) < 4.78 is 0. The molecule has 0 radical (unpaired) electrons. The standard InChI is InChI=1S/C19H32N2/c1-5-13-20-18-12-11-17(16-9-7-6-8-10-16)14-19(18)21(4)15(2)3/h6-10,15,17-20H,5,11-14H2,1-4H3. The van der Waals surface area contributed by atoms with Gasteiger partial charge in [-0.1, -0.05) is 37.3 Å². The average Bonchev–Trinajstić information content (AvgIpc) is 2.52. The van der Waals surface area contributed by atoms with Gasteiger partial charge in [-0.25, -0.2) is 0 Å². The Kier molecular flexibility index (Phi) is 6.25. The predicted molar refractivity (Wildman–Crippen MR) is 91.8 cm³/mol. The van der Waals surface area contributed by atoms with Gasteiger partial charge >= 0.3 is 0 Å². The molecule has 0 bridgehead atoms. The number of nitrogens with zero attached hydrogens (tertiary/aromatic N) is 1. The van der Waals surface area contributed by atoms with Crippen molar-refractivity contribution in [3.8, 4) is 0 Å². The maximum Gasteiger partial charge on any atom is 0.0254 e. The molecule has 3 atom stereocenters. The van der Waals surface area contributed by atoms with Gasteiger partial charge in [0.05, 0.1) is 0 Å². The van der Waals surface area contributed by atoms with Gasteiger partial charge in [0.1, 0.15) is 0 Å². The van der Waals surface area contributed by atoms with Crippen molar-refractivity contribution in [2.24, 2.45) is 0 Å². The molecule has 0 spiro atoms. The van der Waals surface area contributed by atoms with E-state index >= 15 is 0 Å². The molecule has 1 aromatic rings. The number of hydrogen-bond acceptors (Lipinski definition) is 2. The third-order valence-corrected chi connectivity index (χ3v) is 5.08. The van der Waals surface area contributed by atoms with E-state index in [4.69, 9.17) is 0 Å². The van der Waals surface area contributed by atoms with Crippen LogP contribution in [0.1, 0.15) is 57.9 Å². The van der Waals surface area contributed by atoms with Crippen LogP contribution in [0.15, 0.2) is 30.3 Å². The van der Waals surface area contributed by atoms with E-state index in [-0.39, 0.29) is 0 Å². The van der Waals surface area contributed by atoms with E-state index in [1.807, 2.05) is 0 Å². The highest BCUT2D eigenvalue weighted by atomic mass is 15.2. The van der Waals surface area contributed by atoms with E-state index in [0.717, 1.165) is 12.5 Å². The lowest BCUT2D eigenvalue weighted by Gasteiger charge is -2.43. The quantitative estimate of drug-likeness (QED) is 0.850. The van der Waals surface area contributed by atoms with Crippen LogP contribution in [0.25, 0.3) is 0 Å². The van der Waals surface area contributed by atoms with Crippen LogP contribution < -0.4 is 5.32 Å². The van der Waals surface area contributed by atoms with Crippen LogP contribution >= 0.6 is 0 Å². The average molecular weight is 288 g/mol. The highest BCUT2D eigenvalue weighted by Gasteiger charge is 2.33.